The van der Waals surface area contributed by atoms with E-state index in [1.807, 2.05) is 12.1 Å². The van der Waals surface area contributed by atoms with E-state index in [-0.39, 0.29) is 11.4 Å². The molecule has 0 spiro atoms. The summed E-state index contributed by atoms with van der Waals surface area (Å²) in [5.74, 6) is -0.495. The van der Waals surface area contributed by atoms with Gasteiger partial charge in [-0.1, -0.05) is 42.5 Å². The lowest BCUT2D eigenvalue weighted by atomic mass is 9.90. The summed E-state index contributed by atoms with van der Waals surface area (Å²) in [7, 11) is -3.70. The Morgan fingerprint density at radius 3 is 2.40 bits per heavy atom. The van der Waals surface area contributed by atoms with Gasteiger partial charge in [0.1, 0.15) is 0 Å². The zero-order valence-electron chi connectivity index (χ0n) is 13.6. The average molecular weight is 357 g/mol. The molecule has 0 aliphatic heterocycles. The molecular formula is C18H19N3O3S. The molecule has 2 aromatic carbocycles. The first-order valence-corrected chi connectivity index (χ1v) is 9.49. The fourth-order valence-electron chi connectivity index (χ4n) is 2.68. The van der Waals surface area contributed by atoms with Gasteiger partial charge in [0.05, 0.1) is 11.4 Å². The molecule has 6 nitrogen and oxygen atoms in total. The number of amides is 1. The first kappa shape index (κ1) is 17.3. The molecule has 25 heavy (non-hydrogen) atoms. The molecule has 0 heterocycles. The number of carbonyl (C=O) groups is 1. The van der Waals surface area contributed by atoms with Gasteiger partial charge >= 0.3 is 0 Å². The van der Waals surface area contributed by atoms with Crippen LogP contribution in [0, 0.1) is 0 Å². The molecule has 1 aliphatic rings. The largest absolute Gasteiger partial charge is 0.272 e. The molecule has 0 fully saturated rings. The number of carbonyl (C=O) groups excluding carboxylic acids is 1. The molecule has 0 radical (unpaired) electrons. The Balaban J connectivity index is 1.54. The molecule has 0 atom stereocenters. The highest BCUT2D eigenvalue weighted by Gasteiger charge is 2.16. The highest BCUT2D eigenvalue weighted by atomic mass is 32.2. The minimum absolute atomic E-state index is 0.123. The summed E-state index contributed by atoms with van der Waals surface area (Å²) >= 11 is 0. The number of nitrogens with zero attached hydrogens (tertiary/aromatic N) is 1. The third kappa shape index (κ3) is 4.52. The van der Waals surface area contributed by atoms with Crippen LogP contribution in [-0.2, 0) is 27.7 Å². The molecule has 7 heteroatoms. The number of rotatable bonds is 5. The molecular weight excluding hydrogens is 338 g/mol. The summed E-state index contributed by atoms with van der Waals surface area (Å²) in [6.45, 7) is -0.357. The van der Waals surface area contributed by atoms with Crippen molar-refractivity contribution in [1.82, 2.24) is 10.1 Å². The number of hydrogen-bond acceptors (Lipinski definition) is 4. The Kier molecular flexibility index (Phi) is 5.25. The molecule has 3 rings (SSSR count). The quantitative estimate of drug-likeness (QED) is 0.797. The number of hydrazone groups is 1. The van der Waals surface area contributed by atoms with Crippen LogP contribution in [0.15, 0.2) is 64.6 Å². The van der Waals surface area contributed by atoms with E-state index in [1.54, 1.807) is 18.2 Å². The van der Waals surface area contributed by atoms with Crippen molar-refractivity contribution in [3.05, 3.63) is 65.7 Å². The smallest absolute Gasteiger partial charge is 0.255 e. The molecule has 0 saturated heterocycles. The lowest BCUT2D eigenvalue weighted by molar-refractivity contribution is -0.119. The van der Waals surface area contributed by atoms with Crippen molar-refractivity contribution >= 4 is 21.6 Å². The minimum atomic E-state index is -3.70. The number of fused-ring (bicyclic) bond motifs is 1. The van der Waals surface area contributed by atoms with Crippen molar-refractivity contribution in [2.24, 2.45) is 5.10 Å². The van der Waals surface area contributed by atoms with Crippen LogP contribution in [0.3, 0.4) is 0 Å². The number of hydrogen-bond donors (Lipinski definition) is 2. The van der Waals surface area contributed by atoms with E-state index < -0.39 is 15.9 Å². The fourth-order valence-corrected chi connectivity index (χ4v) is 3.68. The highest BCUT2D eigenvalue weighted by Crippen LogP contribution is 2.18. The van der Waals surface area contributed by atoms with Crippen LogP contribution < -0.4 is 10.1 Å². The third-order valence-electron chi connectivity index (χ3n) is 4.01. The summed E-state index contributed by atoms with van der Waals surface area (Å²) in [5.41, 5.74) is 5.84. The molecule has 130 valence electrons. The Morgan fingerprint density at radius 2 is 1.64 bits per heavy atom. The Labute approximate surface area is 147 Å². The summed E-state index contributed by atoms with van der Waals surface area (Å²) in [6, 6.07) is 16.1. The summed E-state index contributed by atoms with van der Waals surface area (Å²) in [6.07, 6.45) is 2.38. The molecule has 0 aromatic heterocycles. The topological polar surface area (TPSA) is 87.6 Å². The molecule has 1 aliphatic carbocycles. The van der Waals surface area contributed by atoms with Gasteiger partial charge in [-0.15, -0.1) is 0 Å². The van der Waals surface area contributed by atoms with Crippen LogP contribution in [0.5, 0.6) is 0 Å². The highest BCUT2D eigenvalue weighted by molar-refractivity contribution is 7.89. The fraction of sp³-hybridized carbons (Fsp3) is 0.222. The zero-order valence-corrected chi connectivity index (χ0v) is 14.4. The van der Waals surface area contributed by atoms with E-state index in [0.29, 0.717) is 6.42 Å². The third-order valence-corrected chi connectivity index (χ3v) is 5.43. The second-order valence-electron chi connectivity index (χ2n) is 5.80. The van der Waals surface area contributed by atoms with Crippen LogP contribution in [0.4, 0.5) is 0 Å². The summed E-state index contributed by atoms with van der Waals surface area (Å²) in [5, 5.41) is 4.14. The van der Waals surface area contributed by atoms with E-state index in [2.05, 4.69) is 27.4 Å². The number of sulfonamides is 1. The second-order valence-corrected chi connectivity index (χ2v) is 7.56. The minimum Gasteiger partial charge on any atom is -0.272 e. The number of nitrogens with one attached hydrogen (secondary N) is 2. The van der Waals surface area contributed by atoms with Crippen LogP contribution in [0.2, 0.25) is 0 Å². The van der Waals surface area contributed by atoms with Crippen LogP contribution in [0.25, 0.3) is 0 Å². The van der Waals surface area contributed by atoms with Gasteiger partial charge in [-0.05, 0) is 36.1 Å². The van der Waals surface area contributed by atoms with Gasteiger partial charge < -0.3 is 0 Å². The maximum absolute atomic E-state index is 12.1. The van der Waals surface area contributed by atoms with Gasteiger partial charge in [-0.25, -0.2) is 18.6 Å². The molecule has 1 amide bonds. The maximum Gasteiger partial charge on any atom is 0.255 e. The summed E-state index contributed by atoms with van der Waals surface area (Å²) < 4.78 is 26.4. The van der Waals surface area contributed by atoms with E-state index in [0.717, 1.165) is 18.6 Å². The van der Waals surface area contributed by atoms with Gasteiger partial charge in [0.2, 0.25) is 10.0 Å². The first-order chi connectivity index (χ1) is 12.0. The van der Waals surface area contributed by atoms with Crippen LogP contribution in [0.1, 0.15) is 17.5 Å². The van der Waals surface area contributed by atoms with Gasteiger partial charge in [-0.3, -0.25) is 4.79 Å². The Hall–Kier alpha value is -2.51. The SMILES string of the molecule is O=C(CNS(=O)(=O)c1ccccc1)N/N=C1/CCc2ccccc2C1. The Bertz CT molecular complexity index is 893. The van der Waals surface area contributed by atoms with E-state index in [4.69, 9.17) is 0 Å². The summed E-state index contributed by atoms with van der Waals surface area (Å²) in [4.78, 5) is 12.0. The number of aryl methyl sites for hydroxylation is 1. The second kappa shape index (κ2) is 7.58. The average Bonchev–Trinajstić information content (AvgIpc) is 2.65. The zero-order chi connectivity index (χ0) is 17.7. The van der Waals surface area contributed by atoms with Gasteiger partial charge in [0.25, 0.3) is 5.91 Å². The predicted octanol–water partition coefficient (Wildman–Crippen LogP) is 1.63. The normalized spacial score (nSPS) is 15.6. The molecule has 0 unspecified atom stereocenters. The van der Waals surface area contributed by atoms with Crippen molar-refractivity contribution in [2.45, 2.75) is 24.2 Å². The van der Waals surface area contributed by atoms with Crippen LogP contribution in [-0.4, -0.2) is 26.6 Å². The Morgan fingerprint density at radius 1 is 0.960 bits per heavy atom. The standard InChI is InChI=1S/C18H19N3O3S/c22-18(13-19-25(23,24)17-8-2-1-3-9-17)21-20-16-11-10-14-6-4-5-7-15(14)12-16/h1-9,19H,10-13H2,(H,21,22)/b20-16-. The molecule has 2 aromatic rings. The van der Waals surface area contributed by atoms with Crippen molar-refractivity contribution in [2.75, 3.05) is 6.54 Å². The van der Waals surface area contributed by atoms with Gasteiger partial charge in [0, 0.05) is 12.1 Å². The van der Waals surface area contributed by atoms with Crippen molar-refractivity contribution < 1.29 is 13.2 Å². The van der Waals surface area contributed by atoms with Crippen molar-refractivity contribution in [3.63, 3.8) is 0 Å². The predicted molar refractivity (Wildman–Crippen MR) is 95.7 cm³/mol. The molecule has 0 saturated carbocycles. The van der Waals surface area contributed by atoms with E-state index in [9.17, 15) is 13.2 Å². The van der Waals surface area contributed by atoms with Crippen molar-refractivity contribution in [3.8, 4) is 0 Å². The lowest BCUT2D eigenvalue weighted by Crippen LogP contribution is -2.35. The van der Waals surface area contributed by atoms with Gasteiger partial charge in [-0.2, -0.15) is 5.10 Å². The first-order valence-electron chi connectivity index (χ1n) is 8.00. The molecule has 0 bridgehead atoms. The van der Waals surface area contributed by atoms with Crippen molar-refractivity contribution in [1.29, 1.82) is 0 Å². The lowest BCUT2D eigenvalue weighted by Gasteiger charge is -2.17. The maximum atomic E-state index is 12.1. The van der Waals surface area contributed by atoms with E-state index in [1.165, 1.54) is 23.3 Å². The molecule has 2 N–H and O–H groups in total. The van der Waals surface area contributed by atoms with Gasteiger partial charge in [0.15, 0.2) is 0 Å². The van der Waals surface area contributed by atoms with Crippen LogP contribution >= 0.6 is 0 Å². The van der Waals surface area contributed by atoms with E-state index >= 15 is 0 Å². The number of benzene rings is 2. The monoisotopic (exact) mass is 357 g/mol.